The summed E-state index contributed by atoms with van der Waals surface area (Å²) >= 11 is 0. The van der Waals surface area contributed by atoms with Gasteiger partial charge in [-0.3, -0.25) is 0 Å². The summed E-state index contributed by atoms with van der Waals surface area (Å²) in [5.41, 5.74) is 0.868. The van der Waals surface area contributed by atoms with Crippen LogP contribution in [-0.4, -0.2) is 47.5 Å². The van der Waals surface area contributed by atoms with Gasteiger partial charge in [-0.15, -0.1) is 0 Å². The van der Waals surface area contributed by atoms with Crippen LogP contribution in [-0.2, 0) is 4.74 Å². The predicted octanol–water partition coefficient (Wildman–Crippen LogP) is 2.76. The van der Waals surface area contributed by atoms with Crippen molar-refractivity contribution in [1.29, 1.82) is 0 Å². The molecule has 0 spiro atoms. The number of fused-ring (bicyclic) bond motifs is 1. The van der Waals surface area contributed by atoms with Crippen LogP contribution < -0.4 is 10.1 Å². The Morgan fingerprint density at radius 3 is 2.83 bits per heavy atom. The van der Waals surface area contributed by atoms with Crippen LogP contribution in [0.15, 0.2) is 24.4 Å². The molecule has 0 saturated heterocycles. The van der Waals surface area contributed by atoms with E-state index in [2.05, 4.69) is 15.3 Å². The van der Waals surface area contributed by atoms with Gasteiger partial charge in [0, 0.05) is 43.8 Å². The topological polar surface area (TPSA) is 76.5 Å². The van der Waals surface area contributed by atoms with Gasteiger partial charge in [0.1, 0.15) is 5.75 Å². The van der Waals surface area contributed by atoms with Gasteiger partial charge in [-0.1, -0.05) is 0 Å². The van der Waals surface area contributed by atoms with E-state index in [0.29, 0.717) is 25.2 Å². The summed E-state index contributed by atoms with van der Waals surface area (Å²) in [5.74, 6) is 1.45. The Labute approximate surface area is 142 Å². The van der Waals surface area contributed by atoms with Crippen LogP contribution in [0.3, 0.4) is 0 Å². The number of ether oxygens (including phenoxy) is 2. The first-order valence-electron chi connectivity index (χ1n) is 8.58. The summed E-state index contributed by atoms with van der Waals surface area (Å²) in [7, 11) is 1.69. The minimum atomic E-state index is -0.154. The van der Waals surface area contributed by atoms with E-state index < -0.39 is 0 Å². The van der Waals surface area contributed by atoms with Gasteiger partial charge < -0.3 is 19.9 Å². The third-order valence-corrected chi connectivity index (χ3v) is 4.35. The van der Waals surface area contributed by atoms with Crippen molar-refractivity contribution in [2.24, 2.45) is 0 Å². The van der Waals surface area contributed by atoms with Crippen LogP contribution in [0.1, 0.15) is 32.1 Å². The maximum atomic E-state index is 9.59. The lowest BCUT2D eigenvalue weighted by atomic mass is 9.93. The highest BCUT2D eigenvalue weighted by molar-refractivity contribution is 5.80. The lowest BCUT2D eigenvalue weighted by Crippen LogP contribution is -2.28. The minimum absolute atomic E-state index is 0.154. The van der Waals surface area contributed by atoms with E-state index in [9.17, 15) is 5.11 Å². The number of anilines is 1. The molecule has 1 aliphatic carbocycles. The zero-order valence-electron chi connectivity index (χ0n) is 14.1. The number of methoxy groups -OCH3 is 1. The monoisotopic (exact) mass is 331 g/mol. The Morgan fingerprint density at radius 1 is 1.21 bits per heavy atom. The Balaban J connectivity index is 1.64. The van der Waals surface area contributed by atoms with Gasteiger partial charge in [0.2, 0.25) is 5.95 Å². The smallest absolute Gasteiger partial charge is 0.223 e. The maximum absolute atomic E-state index is 9.59. The van der Waals surface area contributed by atoms with E-state index in [1.165, 1.54) is 0 Å². The van der Waals surface area contributed by atoms with E-state index in [4.69, 9.17) is 9.47 Å². The Bertz CT molecular complexity index is 657. The van der Waals surface area contributed by atoms with Crippen LogP contribution in [0.5, 0.6) is 5.75 Å². The zero-order chi connectivity index (χ0) is 16.8. The number of aromatic nitrogens is 2. The highest BCUT2D eigenvalue weighted by Gasteiger charge is 2.19. The molecule has 3 rings (SSSR count). The molecule has 0 unspecified atom stereocenters. The molecule has 24 heavy (non-hydrogen) atoms. The molecule has 2 aromatic rings. The summed E-state index contributed by atoms with van der Waals surface area (Å²) in [4.78, 5) is 9.00. The van der Waals surface area contributed by atoms with E-state index >= 15 is 0 Å². The summed E-state index contributed by atoms with van der Waals surface area (Å²) in [6.07, 6.45) is 6.11. The summed E-state index contributed by atoms with van der Waals surface area (Å²) < 4.78 is 10.7. The molecule has 6 nitrogen and oxygen atoms in total. The third-order valence-electron chi connectivity index (χ3n) is 4.35. The first kappa shape index (κ1) is 16.9. The molecule has 1 aromatic heterocycles. The van der Waals surface area contributed by atoms with Gasteiger partial charge in [-0.05, 0) is 37.8 Å². The molecule has 1 saturated carbocycles. The van der Waals surface area contributed by atoms with Crippen molar-refractivity contribution in [1.82, 2.24) is 9.97 Å². The van der Waals surface area contributed by atoms with Crippen LogP contribution >= 0.6 is 0 Å². The van der Waals surface area contributed by atoms with Crippen molar-refractivity contribution in [3.63, 3.8) is 0 Å². The van der Waals surface area contributed by atoms with Crippen LogP contribution in [0, 0.1) is 0 Å². The van der Waals surface area contributed by atoms with Gasteiger partial charge in [0.15, 0.2) is 0 Å². The van der Waals surface area contributed by atoms with Gasteiger partial charge in [-0.2, -0.15) is 0 Å². The third kappa shape index (κ3) is 4.55. The highest BCUT2D eigenvalue weighted by atomic mass is 16.5. The van der Waals surface area contributed by atoms with Crippen molar-refractivity contribution in [2.45, 2.75) is 44.2 Å². The Hall–Kier alpha value is -1.92. The SMILES string of the molecule is COCCCOc1ccc2cnc(NC3CCC(O)CC3)nc2c1. The molecule has 1 heterocycles. The van der Waals surface area contributed by atoms with E-state index in [-0.39, 0.29) is 6.10 Å². The molecule has 0 aliphatic heterocycles. The molecule has 130 valence electrons. The number of nitrogens with one attached hydrogen (secondary N) is 1. The summed E-state index contributed by atoms with van der Waals surface area (Å²) in [6.45, 7) is 1.32. The number of nitrogens with zero attached hydrogens (tertiary/aromatic N) is 2. The molecule has 2 N–H and O–H groups in total. The number of benzene rings is 1. The standard InChI is InChI=1S/C18H25N3O3/c1-23-9-2-10-24-16-8-3-13-12-19-18(21-17(13)11-16)20-14-4-6-15(22)7-5-14/h3,8,11-12,14-15,22H,2,4-7,9-10H2,1H3,(H,19,20,21). The van der Waals surface area contributed by atoms with Crippen LogP contribution in [0.4, 0.5) is 5.95 Å². The van der Waals surface area contributed by atoms with Gasteiger partial charge >= 0.3 is 0 Å². The average Bonchev–Trinajstić information content (AvgIpc) is 2.60. The molecule has 0 bridgehead atoms. The normalized spacial score (nSPS) is 20.9. The van der Waals surface area contributed by atoms with Crippen molar-refractivity contribution in [2.75, 3.05) is 25.6 Å². The lowest BCUT2D eigenvalue weighted by Gasteiger charge is -2.26. The molecule has 0 radical (unpaired) electrons. The summed E-state index contributed by atoms with van der Waals surface area (Å²) in [5, 5.41) is 14.0. The first-order valence-corrected chi connectivity index (χ1v) is 8.58. The second-order valence-electron chi connectivity index (χ2n) is 6.26. The fourth-order valence-corrected chi connectivity index (χ4v) is 2.96. The number of aliphatic hydroxyl groups excluding tert-OH is 1. The number of hydrogen-bond donors (Lipinski definition) is 2. The van der Waals surface area contributed by atoms with Crippen molar-refractivity contribution in [3.8, 4) is 5.75 Å². The fraction of sp³-hybridized carbons (Fsp3) is 0.556. The molecule has 0 amide bonds. The molecule has 1 aliphatic rings. The van der Waals surface area contributed by atoms with E-state index in [1.807, 2.05) is 24.4 Å². The van der Waals surface area contributed by atoms with Gasteiger partial charge in [-0.25, -0.2) is 9.97 Å². The zero-order valence-corrected chi connectivity index (χ0v) is 14.1. The molecule has 0 atom stereocenters. The maximum Gasteiger partial charge on any atom is 0.223 e. The number of aliphatic hydroxyl groups is 1. The van der Waals surface area contributed by atoms with Crippen molar-refractivity contribution in [3.05, 3.63) is 24.4 Å². The number of hydrogen-bond acceptors (Lipinski definition) is 6. The van der Waals surface area contributed by atoms with Crippen LogP contribution in [0.25, 0.3) is 10.9 Å². The second-order valence-corrected chi connectivity index (χ2v) is 6.26. The quantitative estimate of drug-likeness (QED) is 0.760. The second kappa shape index (κ2) is 8.26. The number of rotatable bonds is 7. The lowest BCUT2D eigenvalue weighted by molar-refractivity contribution is 0.126. The molecular weight excluding hydrogens is 306 g/mol. The van der Waals surface area contributed by atoms with Gasteiger partial charge in [0.25, 0.3) is 0 Å². The molecule has 1 fully saturated rings. The van der Waals surface area contributed by atoms with Crippen molar-refractivity contribution < 1.29 is 14.6 Å². The average molecular weight is 331 g/mol. The van der Waals surface area contributed by atoms with Crippen LogP contribution in [0.2, 0.25) is 0 Å². The van der Waals surface area contributed by atoms with E-state index in [0.717, 1.165) is 48.8 Å². The minimum Gasteiger partial charge on any atom is -0.493 e. The summed E-state index contributed by atoms with van der Waals surface area (Å²) in [6, 6.07) is 6.19. The predicted molar refractivity (Wildman–Crippen MR) is 93.4 cm³/mol. The Morgan fingerprint density at radius 2 is 2.04 bits per heavy atom. The fourth-order valence-electron chi connectivity index (χ4n) is 2.96. The molecule has 6 heteroatoms. The Kier molecular flexibility index (Phi) is 5.82. The molecular formula is C18H25N3O3. The van der Waals surface area contributed by atoms with E-state index in [1.54, 1.807) is 7.11 Å². The largest absolute Gasteiger partial charge is 0.493 e. The van der Waals surface area contributed by atoms with Crippen molar-refractivity contribution >= 4 is 16.9 Å². The molecule has 1 aromatic carbocycles. The first-order chi connectivity index (χ1) is 11.7. The van der Waals surface area contributed by atoms with Gasteiger partial charge in [0.05, 0.1) is 18.2 Å². The highest BCUT2D eigenvalue weighted by Crippen LogP contribution is 2.23.